The standard InChI is InChI=1S/C66H105N5O16/c1-65(2,3)86-61(76)35-22-20-18-16-14-12-10-8-7-9-11-13-15-17-19-21-34-58(73)70-56(63(79)87-66(4,5)6)36-37-57(72)68-39-41-81-43-46-84-49-60(75)69-40-42-82-44-45-83-48-59(74)67-38-28-27-33-55(62(77)78)71-64(80)85-47-54-52-31-25-23-29-50(52)51-30-24-26-32-53(51)54/h23-26,29-32,54-56H,7-22,27-28,33-49H2,1-6H3,(H,67,74)(H,68,72)(H,69,75)(H,70,73)(H,71,80)(H,77,78)/t55-,56+/m1/s1. The van der Waals surface area contributed by atoms with Crippen molar-refractivity contribution in [1.29, 1.82) is 0 Å². The quantitative estimate of drug-likeness (QED) is 0.0204. The monoisotopic (exact) mass is 1220 g/mol. The molecule has 0 unspecified atom stereocenters. The van der Waals surface area contributed by atoms with Crippen LogP contribution in [0.15, 0.2) is 48.5 Å². The molecule has 0 aromatic heterocycles. The fourth-order valence-electron chi connectivity index (χ4n) is 9.81. The number of hydrogen-bond donors (Lipinski definition) is 6. The third-order valence-electron chi connectivity index (χ3n) is 14.2. The number of nitrogens with one attached hydrogen (secondary N) is 5. The van der Waals surface area contributed by atoms with Gasteiger partial charge in [0.05, 0.1) is 39.6 Å². The summed E-state index contributed by atoms with van der Waals surface area (Å²) in [6, 6.07) is 13.8. The van der Waals surface area contributed by atoms with E-state index in [2.05, 4.69) is 26.6 Å². The van der Waals surface area contributed by atoms with Crippen molar-refractivity contribution in [1.82, 2.24) is 26.6 Å². The lowest BCUT2D eigenvalue weighted by Crippen LogP contribution is -2.44. The molecule has 0 heterocycles. The van der Waals surface area contributed by atoms with Crippen molar-refractivity contribution >= 4 is 47.6 Å². The summed E-state index contributed by atoms with van der Waals surface area (Å²) in [6.07, 6.45) is 19.5. The van der Waals surface area contributed by atoms with Crippen molar-refractivity contribution in [2.24, 2.45) is 0 Å². The molecule has 6 N–H and O–H groups in total. The normalized spacial score (nSPS) is 12.7. The van der Waals surface area contributed by atoms with Gasteiger partial charge in [0.2, 0.25) is 23.6 Å². The van der Waals surface area contributed by atoms with Crippen molar-refractivity contribution in [3.63, 3.8) is 0 Å². The number of hydrogen-bond acceptors (Lipinski definition) is 15. The van der Waals surface area contributed by atoms with Crippen molar-refractivity contribution in [2.45, 2.75) is 218 Å². The van der Waals surface area contributed by atoms with Crippen LogP contribution in [-0.2, 0) is 66.7 Å². The summed E-state index contributed by atoms with van der Waals surface area (Å²) in [6.45, 7) is 12.5. The Balaban J connectivity index is 1.09. The number of aliphatic carboxylic acids is 1. The Morgan fingerprint density at radius 1 is 0.448 bits per heavy atom. The van der Waals surface area contributed by atoms with Crippen LogP contribution >= 0.6 is 0 Å². The van der Waals surface area contributed by atoms with Crippen LogP contribution in [0.5, 0.6) is 0 Å². The third kappa shape index (κ3) is 36.7. The maximum absolute atomic E-state index is 13.0. The van der Waals surface area contributed by atoms with Crippen LogP contribution in [0.1, 0.15) is 206 Å². The van der Waals surface area contributed by atoms with Gasteiger partial charge >= 0.3 is 24.0 Å². The lowest BCUT2D eigenvalue weighted by molar-refractivity contribution is -0.159. The predicted molar refractivity (Wildman–Crippen MR) is 332 cm³/mol. The highest BCUT2D eigenvalue weighted by Crippen LogP contribution is 2.44. The lowest BCUT2D eigenvalue weighted by atomic mass is 9.98. The average molecular weight is 1220 g/mol. The molecule has 2 aromatic rings. The van der Waals surface area contributed by atoms with Crippen LogP contribution in [0, 0.1) is 0 Å². The summed E-state index contributed by atoms with van der Waals surface area (Å²) in [5.41, 5.74) is 3.12. The number of esters is 2. The van der Waals surface area contributed by atoms with Crippen molar-refractivity contribution in [3.05, 3.63) is 59.7 Å². The minimum atomic E-state index is -1.18. The van der Waals surface area contributed by atoms with Crippen molar-refractivity contribution in [3.8, 4) is 11.1 Å². The maximum atomic E-state index is 13.0. The minimum absolute atomic E-state index is 0.000480. The summed E-state index contributed by atoms with van der Waals surface area (Å²) in [4.78, 5) is 99.1. The van der Waals surface area contributed by atoms with E-state index in [0.717, 1.165) is 60.8 Å². The Morgan fingerprint density at radius 3 is 1.39 bits per heavy atom. The Bertz CT molecular complexity index is 2290. The molecular weight excluding hydrogens is 1120 g/mol. The summed E-state index contributed by atoms with van der Waals surface area (Å²) in [5, 5.41) is 23.1. The number of carboxylic acid groups (broad SMARTS) is 1. The van der Waals surface area contributed by atoms with E-state index in [9.17, 15) is 43.5 Å². The minimum Gasteiger partial charge on any atom is -0.480 e. The summed E-state index contributed by atoms with van der Waals surface area (Å²) >= 11 is 0. The predicted octanol–water partition coefficient (Wildman–Crippen LogP) is 9.53. The largest absolute Gasteiger partial charge is 0.480 e. The molecule has 0 spiro atoms. The molecule has 3 rings (SSSR count). The number of fused-ring (bicyclic) bond motifs is 3. The first kappa shape index (κ1) is 75.1. The first-order valence-corrected chi connectivity index (χ1v) is 31.9. The molecule has 1 aliphatic carbocycles. The number of carboxylic acids is 1. The van der Waals surface area contributed by atoms with Gasteiger partial charge < -0.3 is 64.8 Å². The van der Waals surface area contributed by atoms with Gasteiger partial charge in [-0.2, -0.15) is 0 Å². The highest BCUT2D eigenvalue weighted by molar-refractivity contribution is 5.86. The summed E-state index contributed by atoms with van der Waals surface area (Å²) in [5.74, 6) is -3.22. The van der Waals surface area contributed by atoms with Gasteiger partial charge in [0.25, 0.3) is 0 Å². The zero-order valence-corrected chi connectivity index (χ0v) is 53.2. The molecule has 0 aliphatic heterocycles. The Labute approximate surface area is 517 Å². The number of alkyl carbamates (subject to hydrolysis) is 1. The highest BCUT2D eigenvalue weighted by Gasteiger charge is 2.31. The smallest absolute Gasteiger partial charge is 0.407 e. The number of rotatable bonds is 49. The van der Waals surface area contributed by atoms with E-state index in [-0.39, 0.29) is 127 Å². The molecule has 21 heteroatoms. The van der Waals surface area contributed by atoms with E-state index in [1.54, 1.807) is 20.8 Å². The van der Waals surface area contributed by atoms with Gasteiger partial charge in [-0.1, -0.05) is 138 Å². The first-order valence-electron chi connectivity index (χ1n) is 31.9. The van der Waals surface area contributed by atoms with Gasteiger partial charge in [-0.15, -0.1) is 0 Å². The molecule has 1 aliphatic rings. The van der Waals surface area contributed by atoms with Crippen LogP contribution in [0.2, 0.25) is 0 Å². The number of unbranched alkanes of at least 4 members (excludes halogenated alkanes) is 16. The Kier molecular flexibility index (Phi) is 38.2. The van der Waals surface area contributed by atoms with Gasteiger partial charge in [-0.05, 0) is 102 Å². The first-order chi connectivity index (χ1) is 41.7. The lowest BCUT2D eigenvalue weighted by Gasteiger charge is -2.24. The topological polar surface area (TPSA) is 282 Å². The van der Waals surface area contributed by atoms with Gasteiger partial charge in [-0.3, -0.25) is 24.0 Å². The second-order valence-corrected chi connectivity index (χ2v) is 24.2. The van der Waals surface area contributed by atoms with Crippen LogP contribution in [0.4, 0.5) is 4.79 Å². The fourth-order valence-corrected chi connectivity index (χ4v) is 9.81. The molecule has 0 saturated carbocycles. The van der Waals surface area contributed by atoms with E-state index in [1.165, 1.54) is 64.2 Å². The molecule has 490 valence electrons. The molecule has 0 saturated heterocycles. The van der Waals surface area contributed by atoms with Crippen LogP contribution < -0.4 is 26.6 Å². The Morgan fingerprint density at radius 2 is 0.897 bits per heavy atom. The molecule has 2 aromatic carbocycles. The second kappa shape index (κ2) is 44.3. The second-order valence-electron chi connectivity index (χ2n) is 24.2. The average Bonchev–Trinajstić information content (AvgIpc) is 1.69. The van der Waals surface area contributed by atoms with Crippen molar-refractivity contribution < 1.29 is 76.6 Å². The molecule has 5 amide bonds. The SMILES string of the molecule is CC(C)(C)OC(=O)CCCCCCCCCCCCCCCCCCC(=O)N[C@@H](CCC(=O)NCCOCCOCC(=O)NCCOCCOCC(=O)NCCCC[C@@H](NC(=O)OCC1c2ccccc2-c2ccccc21)C(=O)O)C(=O)OC(C)(C)C. The van der Waals surface area contributed by atoms with Crippen molar-refractivity contribution in [2.75, 3.05) is 79.1 Å². The molecule has 2 atom stereocenters. The summed E-state index contributed by atoms with van der Waals surface area (Å²) in [7, 11) is 0. The number of carbonyl (C=O) groups is 8. The van der Waals surface area contributed by atoms with E-state index >= 15 is 0 Å². The van der Waals surface area contributed by atoms with E-state index in [1.807, 2.05) is 69.3 Å². The van der Waals surface area contributed by atoms with E-state index in [4.69, 9.17) is 33.2 Å². The Hall–Kier alpha value is -6.16. The number of carbonyl (C=O) groups excluding carboxylic acids is 7. The number of ether oxygens (including phenoxy) is 7. The van der Waals surface area contributed by atoms with Gasteiger partial charge in [0.1, 0.15) is 43.1 Å². The number of benzene rings is 2. The maximum Gasteiger partial charge on any atom is 0.407 e. The highest BCUT2D eigenvalue weighted by atomic mass is 16.6. The molecule has 0 fully saturated rings. The van der Waals surface area contributed by atoms with Gasteiger partial charge in [0, 0.05) is 44.8 Å². The number of amides is 5. The van der Waals surface area contributed by atoms with E-state index < -0.39 is 41.3 Å². The molecule has 21 nitrogen and oxygen atoms in total. The van der Waals surface area contributed by atoms with Gasteiger partial charge in [-0.25, -0.2) is 14.4 Å². The molecule has 87 heavy (non-hydrogen) atoms. The zero-order valence-electron chi connectivity index (χ0n) is 53.2. The summed E-state index contributed by atoms with van der Waals surface area (Å²) < 4.78 is 38.1. The van der Waals surface area contributed by atoms with E-state index in [0.29, 0.717) is 32.2 Å². The van der Waals surface area contributed by atoms with Gasteiger partial charge in [0.15, 0.2) is 0 Å². The van der Waals surface area contributed by atoms with Crippen LogP contribution in [0.25, 0.3) is 11.1 Å². The third-order valence-corrected chi connectivity index (χ3v) is 14.2. The molecular formula is C66H105N5O16. The molecule has 0 bridgehead atoms. The van der Waals surface area contributed by atoms with Crippen LogP contribution in [-0.4, -0.2) is 155 Å². The fraction of sp³-hybridized carbons (Fsp3) is 0.697. The molecule has 0 radical (unpaired) electrons. The zero-order chi connectivity index (χ0) is 63.6. The van der Waals surface area contributed by atoms with Crippen LogP contribution in [0.3, 0.4) is 0 Å².